The van der Waals surface area contributed by atoms with E-state index in [-0.39, 0.29) is 36.2 Å². The molecule has 2 aliphatic rings. The van der Waals surface area contributed by atoms with Crippen LogP contribution in [0, 0.1) is 5.41 Å². The minimum Gasteiger partial charge on any atom is -0.399 e. The number of ether oxygens (including phenoxy) is 1. The molecular weight excluding hydrogens is 346 g/mol. The average molecular weight is 373 g/mol. The van der Waals surface area contributed by atoms with E-state index in [0.717, 1.165) is 25.7 Å². The molecule has 1 saturated heterocycles. The van der Waals surface area contributed by atoms with Gasteiger partial charge in [-0.3, -0.25) is 14.4 Å². The van der Waals surface area contributed by atoms with E-state index in [1.165, 1.54) is 0 Å². The van der Waals surface area contributed by atoms with Crippen LogP contribution in [0.5, 0.6) is 0 Å². The molecule has 146 valence electrons. The Morgan fingerprint density at radius 2 is 1.93 bits per heavy atom. The van der Waals surface area contributed by atoms with Crippen molar-refractivity contribution in [1.29, 1.82) is 0 Å². The number of Topliss-reactive ketones (excluding diaryl/α,β-unsaturated/α-hetero) is 1. The molecule has 4 N–H and O–H groups in total. The minimum absolute atomic E-state index is 0.00654. The number of benzene rings is 1. The van der Waals surface area contributed by atoms with E-state index >= 15 is 0 Å². The maximum Gasteiger partial charge on any atom is 0.251 e. The van der Waals surface area contributed by atoms with Gasteiger partial charge in [-0.2, -0.15) is 0 Å². The molecule has 2 amide bonds. The van der Waals surface area contributed by atoms with Gasteiger partial charge in [0.25, 0.3) is 5.91 Å². The van der Waals surface area contributed by atoms with Crippen LogP contribution in [-0.2, 0) is 14.3 Å². The van der Waals surface area contributed by atoms with Gasteiger partial charge in [-0.05, 0) is 48.9 Å². The molecule has 2 atom stereocenters. The molecule has 1 heterocycles. The summed E-state index contributed by atoms with van der Waals surface area (Å²) in [6.45, 7) is 2.35. The predicted octanol–water partition coefficient (Wildman–Crippen LogP) is 1.42. The first-order valence-electron chi connectivity index (χ1n) is 9.44. The highest BCUT2D eigenvalue weighted by atomic mass is 16.5. The van der Waals surface area contributed by atoms with Gasteiger partial charge in [0.2, 0.25) is 5.91 Å². The Hall–Kier alpha value is -2.41. The van der Waals surface area contributed by atoms with Crippen LogP contribution in [0.2, 0.25) is 0 Å². The van der Waals surface area contributed by atoms with Crippen LogP contribution in [0.25, 0.3) is 0 Å². The molecule has 0 bridgehead atoms. The van der Waals surface area contributed by atoms with Gasteiger partial charge < -0.3 is 21.1 Å². The van der Waals surface area contributed by atoms with Crippen molar-refractivity contribution in [3.8, 4) is 0 Å². The molecule has 0 spiro atoms. The average Bonchev–Trinajstić information content (AvgIpc) is 3.23. The molecular formula is C20H27N3O4. The molecule has 1 aliphatic carbocycles. The lowest BCUT2D eigenvalue weighted by Crippen LogP contribution is -2.52. The maximum atomic E-state index is 12.8. The number of ketones is 1. The summed E-state index contributed by atoms with van der Waals surface area (Å²) in [5.41, 5.74) is 6.69. The van der Waals surface area contributed by atoms with E-state index < -0.39 is 12.1 Å². The maximum absolute atomic E-state index is 12.8. The molecule has 0 aromatic heterocycles. The number of nitrogens with two attached hydrogens (primary N) is 1. The molecule has 1 aliphatic heterocycles. The second-order valence-corrected chi connectivity index (χ2v) is 7.91. The van der Waals surface area contributed by atoms with Crippen molar-refractivity contribution in [1.82, 2.24) is 10.6 Å². The summed E-state index contributed by atoms with van der Waals surface area (Å²) >= 11 is 0. The first-order chi connectivity index (χ1) is 12.9. The minimum atomic E-state index is -0.702. The molecule has 0 radical (unpaired) electrons. The van der Waals surface area contributed by atoms with E-state index in [4.69, 9.17) is 10.5 Å². The summed E-state index contributed by atoms with van der Waals surface area (Å²) in [5, 5.41) is 5.59. The van der Waals surface area contributed by atoms with E-state index in [2.05, 4.69) is 17.6 Å². The van der Waals surface area contributed by atoms with Gasteiger partial charge in [-0.25, -0.2) is 0 Å². The van der Waals surface area contributed by atoms with Crippen molar-refractivity contribution in [2.75, 3.05) is 18.9 Å². The Morgan fingerprint density at radius 3 is 2.52 bits per heavy atom. The third-order valence-electron chi connectivity index (χ3n) is 5.54. The second-order valence-electron chi connectivity index (χ2n) is 7.91. The van der Waals surface area contributed by atoms with Crippen LogP contribution in [-0.4, -0.2) is 42.9 Å². The zero-order valence-corrected chi connectivity index (χ0v) is 15.6. The van der Waals surface area contributed by atoms with Crippen LogP contribution in [0.15, 0.2) is 24.3 Å². The summed E-state index contributed by atoms with van der Waals surface area (Å²) < 4.78 is 5.10. The zero-order chi connectivity index (χ0) is 19.4. The summed E-state index contributed by atoms with van der Waals surface area (Å²) in [4.78, 5) is 37.2. The fraction of sp³-hybridized carbons (Fsp3) is 0.550. The lowest BCUT2D eigenvalue weighted by atomic mass is 9.81. The smallest absolute Gasteiger partial charge is 0.251 e. The number of carbonyl (C=O) groups is 3. The molecule has 7 heteroatoms. The fourth-order valence-electron chi connectivity index (χ4n) is 3.88. The first-order valence-corrected chi connectivity index (χ1v) is 9.44. The lowest BCUT2D eigenvalue weighted by molar-refractivity contribution is -0.127. The highest BCUT2D eigenvalue weighted by Crippen LogP contribution is 2.41. The highest BCUT2D eigenvalue weighted by Gasteiger charge is 2.37. The van der Waals surface area contributed by atoms with Gasteiger partial charge in [-0.1, -0.05) is 19.8 Å². The van der Waals surface area contributed by atoms with Gasteiger partial charge in [0, 0.05) is 11.3 Å². The molecule has 7 nitrogen and oxygen atoms in total. The van der Waals surface area contributed by atoms with Crippen molar-refractivity contribution < 1.29 is 19.1 Å². The number of amides is 2. The van der Waals surface area contributed by atoms with Crippen molar-refractivity contribution in [2.45, 2.75) is 51.1 Å². The molecule has 1 aromatic carbocycles. The second kappa shape index (κ2) is 8.08. The third-order valence-corrected chi connectivity index (χ3v) is 5.54. The Balaban J connectivity index is 1.72. The normalized spacial score (nSPS) is 22.4. The standard InChI is InChI=1S/C20H27N3O4/c1-20(8-2-3-9-20)10-15(19(26)23-16-11-27-12-17(16)24)22-18(25)13-4-6-14(21)7-5-13/h4-7,15-16H,2-3,8-12,21H2,1H3,(H,22,25)(H,23,26)/t15?,16-/m0/s1. The molecule has 1 aromatic rings. The molecule has 27 heavy (non-hydrogen) atoms. The number of anilines is 1. The van der Waals surface area contributed by atoms with Gasteiger partial charge in [-0.15, -0.1) is 0 Å². The van der Waals surface area contributed by atoms with Gasteiger partial charge >= 0.3 is 0 Å². The van der Waals surface area contributed by atoms with Gasteiger partial charge in [0.1, 0.15) is 18.7 Å². The largest absolute Gasteiger partial charge is 0.399 e. The summed E-state index contributed by atoms with van der Waals surface area (Å²) in [7, 11) is 0. The Bertz CT molecular complexity index is 710. The number of nitrogen functional groups attached to an aromatic ring is 1. The Morgan fingerprint density at radius 1 is 1.26 bits per heavy atom. The number of hydrogen-bond acceptors (Lipinski definition) is 5. The summed E-state index contributed by atoms with van der Waals surface area (Å²) in [5.74, 6) is -0.805. The van der Waals surface area contributed by atoms with Crippen molar-refractivity contribution in [3.63, 3.8) is 0 Å². The van der Waals surface area contributed by atoms with Gasteiger partial charge in [0.05, 0.1) is 6.61 Å². The predicted molar refractivity (Wildman–Crippen MR) is 101 cm³/mol. The van der Waals surface area contributed by atoms with Crippen LogP contribution in [0.3, 0.4) is 0 Å². The summed E-state index contributed by atoms with van der Waals surface area (Å²) in [6.07, 6.45) is 4.86. The fourth-order valence-corrected chi connectivity index (χ4v) is 3.88. The van der Waals surface area contributed by atoms with Crippen LogP contribution in [0.1, 0.15) is 49.4 Å². The lowest BCUT2D eigenvalue weighted by Gasteiger charge is -2.29. The number of nitrogens with one attached hydrogen (secondary N) is 2. The zero-order valence-electron chi connectivity index (χ0n) is 15.6. The quantitative estimate of drug-likeness (QED) is 0.653. The number of rotatable bonds is 6. The molecule has 1 unspecified atom stereocenters. The number of hydrogen-bond donors (Lipinski definition) is 3. The first kappa shape index (κ1) is 19.4. The van der Waals surface area contributed by atoms with Crippen LogP contribution in [0.4, 0.5) is 5.69 Å². The molecule has 2 fully saturated rings. The van der Waals surface area contributed by atoms with E-state index in [0.29, 0.717) is 17.7 Å². The van der Waals surface area contributed by atoms with Crippen molar-refractivity contribution in [3.05, 3.63) is 29.8 Å². The Kier molecular flexibility index (Phi) is 5.79. The molecule has 1 saturated carbocycles. The third kappa shape index (κ3) is 4.86. The topological polar surface area (TPSA) is 111 Å². The highest BCUT2D eigenvalue weighted by molar-refractivity contribution is 5.99. The van der Waals surface area contributed by atoms with E-state index in [1.807, 2.05) is 0 Å². The van der Waals surface area contributed by atoms with Crippen molar-refractivity contribution in [2.24, 2.45) is 5.41 Å². The number of carbonyl (C=O) groups excluding carboxylic acids is 3. The SMILES string of the molecule is CC1(CC(NC(=O)c2ccc(N)cc2)C(=O)N[C@H]2COCC2=O)CCCC1. The molecule has 3 rings (SSSR count). The van der Waals surface area contributed by atoms with Gasteiger partial charge in [0.15, 0.2) is 5.78 Å². The monoisotopic (exact) mass is 373 g/mol. The summed E-state index contributed by atoms with van der Waals surface area (Å²) in [6, 6.07) is 5.22. The van der Waals surface area contributed by atoms with E-state index in [9.17, 15) is 14.4 Å². The van der Waals surface area contributed by atoms with E-state index in [1.54, 1.807) is 24.3 Å². The Labute approximate surface area is 159 Å². The van der Waals surface area contributed by atoms with Crippen LogP contribution >= 0.6 is 0 Å². The van der Waals surface area contributed by atoms with Crippen LogP contribution < -0.4 is 16.4 Å². The van der Waals surface area contributed by atoms with Crippen molar-refractivity contribution >= 4 is 23.3 Å².